The summed E-state index contributed by atoms with van der Waals surface area (Å²) < 4.78 is 6.18. The number of halogens is 1. The number of amides is 1. The lowest BCUT2D eigenvalue weighted by atomic mass is 10.1. The highest BCUT2D eigenvalue weighted by Gasteiger charge is 2.28. The smallest absolute Gasteiger partial charge is 0.224 e. The van der Waals surface area contributed by atoms with Gasteiger partial charge in [0.1, 0.15) is 0 Å². The van der Waals surface area contributed by atoms with Gasteiger partial charge in [-0.3, -0.25) is 4.79 Å². The second kappa shape index (κ2) is 9.36. The van der Waals surface area contributed by atoms with Crippen LogP contribution in [0.1, 0.15) is 44.9 Å². The second-order valence-electron chi connectivity index (χ2n) is 6.55. The van der Waals surface area contributed by atoms with Gasteiger partial charge in [-0.25, -0.2) is 0 Å². The maximum Gasteiger partial charge on any atom is 0.224 e. The van der Waals surface area contributed by atoms with Crippen molar-refractivity contribution in [1.29, 1.82) is 0 Å². The standard InChI is InChI=1S/C16H28N2O2S.ClH/c19-16(11-13-12-21-10-7-17-13)18-8-5-15(6-9-18)20-14-3-1-2-4-14;/h13-15,17H,1-12H2;1H. The number of carbonyl (C=O) groups excluding carboxylic acids is 1. The van der Waals surface area contributed by atoms with E-state index in [-0.39, 0.29) is 12.4 Å². The molecule has 2 heterocycles. The van der Waals surface area contributed by atoms with Crippen molar-refractivity contribution in [3.8, 4) is 0 Å². The molecule has 3 rings (SSSR count). The summed E-state index contributed by atoms with van der Waals surface area (Å²) in [5, 5.41) is 3.45. The molecule has 6 heteroatoms. The maximum atomic E-state index is 12.4. The average molecular weight is 349 g/mol. The zero-order valence-electron chi connectivity index (χ0n) is 13.3. The molecule has 1 aliphatic carbocycles. The summed E-state index contributed by atoms with van der Waals surface area (Å²) in [6.45, 7) is 2.81. The number of piperidine rings is 1. The van der Waals surface area contributed by atoms with Gasteiger partial charge < -0.3 is 15.0 Å². The Hall–Kier alpha value is 0.0300. The number of ether oxygens (including phenoxy) is 1. The van der Waals surface area contributed by atoms with E-state index in [1.54, 1.807) is 0 Å². The molecule has 0 spiro atoms. The molecule has 0 aromatic rings. The topological polar surface area (TPSA) is 41.6 Å². The summed E-state index contributed by atoms with van der Waals surface area (Å²) in [6, 6.07) is 0.378. The van der Waals surface area contributed by atoms with Crippen LogP contribution in [0, 0.1) is 0 Å². The van der Waals surface area contributed by atoms with Gasteiger partial charge >= 0.3 is 0 Å². The van der Waals surface area contributed by atoms with E-state index in [2.05, 4.69) is 10.2 Å². The Labute approximate surface area is 144 Å². The first-order chi connectivity index (χ1) is 10.3. The molecule has 1 saturated carbocycles. The maximum absolute atomic E-state index is 12.4. The molecule has 3 aliphatic rings. The fourth-order valence-corrected chi connectivity index (χ4v) is 4.58. The van der Waals surface area contributed by atoms with Crippen molar-refractivity contribution in [3.63, 3.8) is 0 Å². The minimum atomic E-state index is 0. The van der Waals surface area contributed by atoms with Crippen LogP contribution < -0.4 is 5.32 Å². The first-order valence-corrected chi connectivity index (χ1v) is 9.71. The van der Waals surface area contributed by atoms with Crippen molar-refractivity contribution in [2.75, 3.05) is 31.1 Å². The zero-order valence-corrected chi connectivity index (χ0v) is 14.9. The fraction of sp³-hybridized carbons (Fsp3) is 0.938. The number of rotatable bonds is 4. The lowest BCUT2D eigenvalue weighted by Gasteiger charge is -2.34. The van der Waals surface area contributed by atoms with Gasteiger partial charge in [0.05, 0.1) is 12.2 Å². The molecule has 0 radical (unpaired) electrons. The fourth-order valence-electron chi connectivity index (χ4n) is 3.63. The predicted molar refractivity (Wildman–Crippen MR) is 93.9 cm³/mol. The first-order valence-electron chi connectivity index (χ1n) is 8.55. The Morgan fingerprint density at radius 3 is 2.45 bits per heavy atom. The van der Waals surface area contributed by atoms with Crippen LogP contribution in [0.15, 0.2) is 0 Å². The van der Waals surface area contributed by atoms with Gasteiger partial charge in [0, 0.05) is 43.6 Å². The van der Waals surface area contributed by atoms with Crippen LogP contribution in [0.4, 0.5) is 0 Å². The summed E-state index contributed by atoms with van der Waals surface area (Å²) in [5.41, 5.74) is 0. The number of thioether (sulfide) groups is 1. The molecule has 1 unspecified atom stereocenters. The van der Waals surface area contributed by atoms with Crippen molar-refractivity contribution < 1.29 is 9.53 Å². The molecule has 4 nitrogen and oxygen atoms in total. The molecule has 1 atom stereocenters. The van der Waals surface area contributed by atoms with Gasteiger partial charge in [-0.1, -0.05) is 12.8 Å². The van der Waals surface area contributed by atoms with Crippen molar-refractivity contribution in [2.24, 2.45) is 0 Å². The van der Waals surface area contributed by atoms with Crippen molar-refractivity contribution >= 4 is 30.1 Å². The van der Waals surface area contributed by atoms with E-state index in [1.807, 2.05) is 11.8 Å². The molecule has 1 N–H and O–H groups in total. The number of nitrogens with one attached hydrogen (secondary N) is 1. The molecule has 2 aliphatic heterocycles. The highest BCUT2D eigenvalue weighted by molar-refractivity contribution is 7.99. The van der Waals surface area contributed by atoms with Gasteiger partial charge in [0.15, 0.2) is 0 Å². The summed E-state index contributed by atoms with van der Waals surface area (Å²) in [5.74, 6) is 2.58. The van der Waals surface area contributed by atoms with Crippen LogP contribution in [0.2, 0.25) is 0 Å². The van der Waals surface area contributed by atoms with Crippen LogP contribution in [-0.4, -0.2) is 60.2 Å². The summed E-state index contributed by atoms with van der Waals surface area (Å²) in [6.07, 6.45) is 8.74. The van der Waals surface area contributed by atoms with Crippen LogP contribution in [0.3, 0.4) is 0 Å². The lowest BCUT2D eigenvalue weighted by Crippen LogP contribution is -2.46. The molecule has 2 saturated heterocycles. The normalized spacial score (nSPS) is 27.6. The molecular formula is C16H29ClN2O2S. The highest BCUT2D eigenvalue weighted by Crippen LogP contribution is 2.25. The summed E-state index contributed by atoms with van der Waals surface area (Å²) in [7, 11) is 0. The molecule has 0 bridgehead atoms. The molecule has 1 amide bonds. The Kier molecular flexibility index (Phi) is 7.81. The Morgan fingerprint density at radius 2 is 1.82 bits per heavy atom. The average Bonchev–Trinajstić information content (AvgIpc) is 3.02. The number of hydrogen-bond donors (Lipinski definition) is 1. The van der Waals surface area contributed by atoms with Crippen LogP contribution >= 0.6 is 24.2 Å². The van der Waals surface area contributed by atoms with Crippen molar-refractivity contribution in [1.82, 2.24) is 10.2 Å². The number of carbonyl (C=O) groups is 1. The predicted octanol–water partition coefficient (Wildman–Crippen LogP) is 2.45. The quantitative estimate of drug-likeness (QED) is 0.847. The third-order valence-corrected chi connectivity index (χ3v) is 6.03. The van der Waals surface area contributed by atoms with Gasteiger partial charge in [-0.05, 0) is 25.7 Å². The van der Waals surface area contributed by atoms with E-state index < -0.39 is 0 Å². The second-order valence-corrected chi connectivity index (χ2v) is 7.70. The molecular weight excluding hydrogens is 320 g/mol. The zero-order chi connectivity index (χ0) is 14.5. The third-order valence-electron chi connectivity index (χ3n) is 4.90. The molecule has 128 valence electrons. The Bertz CT molecular complexity index is 339. The van der Waals surface area contributed by atoms with Crippen LogP contribution in [0.25, 0.3) is 0 Å². The molecule has 0 aromatic carbocycles. The van der Waals surface area contributed by atoms with Crippen LogP contribution in [-0.2, 0) is 9.53 Å². The van der Waals surface area contributed by atoms with E-state index in [0.29, 0.717) is 30.6 Å². The third kappa shape index (κ3) is 5.29. The minimum Gasteiger partial charge on any atom is -0.375 e. The van der Waals surface area contributed by atoms with E-state index in [9.17, 15) is 4.79 Å². The minimum absolute atomic E-state index is 0. The van der Waals surface area contributed by atoms with E-state index >= 15 is 0 Å². The van der Waals surface area contributed by atoms with Crippen molar-refractivity contribution in [2.45, 2.75) is 63.2 Å². The van der Waals surface area contributed by atoms with Crippen LogP contribution in [0.5, 0.6) is 0 Å². The van der Waals surface area contributed by atoms with Crippen molar-refractivity contribution in [3.05, 3.63) is 0 Å². The largest absolute Gasteiger partial charge is 0.375 e. The first kappa shape index (κ1) is 18.4. The molecule has 22 heavy (non-hydrogen) atoms. The highest BCUT2D eigenvalue weighted by atomic mass is 35.5. The van der Waals surface area contributed by atoms with E-state index in [0.717, 1.165) is 38.2 Å². The number of nitrogens with zero attached hydrogens (tertiary/aromatic N) is 1. The SMILES string of the molecule is Cl.O=C(CC1CSCCN1)N1CCC(OC2CCCC2)CC1. The Morgan fingerprint density at radius 1 is 1.14 bits per heavy atom. The van der Waals surface area contributed by atoms with Gasteiger partial charge in [0.25, 0.3) is 0 Å². The monoisotopic (exact) mass is 348 g/mol. The molecule has 3 fully saturated rings. The van der Waals surface area contributed by atoms with E-state index in [1.165, 1.54) is 31.4 Å². The number of hydrogen-bond acceptors (Lipinski definition) is 4. The summed E-state index contributed by atoms with van der Waals surface area (Å²) >= 11 is 1.96. The van der Waals surface area contributed by atoms with Gasteiger partial charge in [-0.15, -0.1) is 12.4 Å². The molecule has 0 aromatic heterocycles. The van der Waals surface area contributed by atoms with E-state index in [4.69, 9.17) is 4.74 Å². The lowest BCUT2D eigenvalue weighted by molar-refractivity contribution is -0.135. The Balaban J connectivity index is 0.00000176. The van der Waals surface area contributed by atoms with Gasteiger partial charge in [-0.2, -0.15) is 11.8 Å². The van der Waals surface area contributed by atoms with Gasteiger partial charge in [0.2, 0.25) is 5.91 Å². The number of likely N-dealkylation sites (tertiary alicyclic amines) is 1. The summed E-state index contributed by atoms with van der Waals surface area (Å²) in [4.78, 5) is 14.4.